The van der Waals surface area contributed by atoms with Crippen molar-refractivity contribution in [2.24, 2.45) is 5.92 Å². The van der Waals surface area contributed by atoms with Crippen LogP contribution in [0.4, 0.5) is 0 Å². The number of amides is 1. The van der Waals surface area contributed by atoms with Crippen molar-refractivity contribution in [2.75, 3.05) is 0 Å². The summed E-state index contributed by atoms with van der Waals surface area (Å²) in [5, 5.41) is 3.09. The van der Waals surface area contributed by atoms with Crippen molar-refractivity contribution >= 4 is 21.8 Å². The molecular formula is C13H17BrN2O. The summed E-state index contributed by atoms with van der Waals surface area (Å²) in [4.78, 5) is 16.1. The molecule has 2 atom stereocenters. The minimum absolute atomic E-state index is 0.0590. The van der Waals surface area contributed by atoms with Crippen molar-refractivity contribution in [3.05, 3.63) is 28.5 Å². The first kappa shape index (κ1) is 12.6. The first-order chi connectivity index (χ1) is 8.16. The van der Waals surface area contributed by atoms with Crippen molar-refractivity contribution in [3.63, 3.8) is 0 Å². The Balaban J connectivity index is 1.98. The number of aromatic nitrogens is 1. The standard InChI is InChI=1S/C13H17BrN2O/c1-9-4-2-3-5-11(9)16-13(17)12-7-6-10(14)8-15-12/h6-9,11H,2-5H2,1H3,(H,16,17). The molecule has 17 heavy (non-hydrogen) atoms. The zero-order valence-electron chi connectivity index (χ0n) is 9.95. The summed E-state index contributed by atoms with van der Waals surface area (Å²) in [6.45, 7) is 2.21. The molecule has 1 aliphatic rings. The molecule has 0 saturated heterocycles. The van der Waals surface area contributed by atoms with E-state index in [1.165, 1.54) is 19.3 Å². The van der Waals surface area contributed by atoms with Crippen LogP contribution in [-0.2, 0) is 0 Å². The molecule has 2 unspecified atom stereocenters. The fourth-order valence-corrected chi connectivity index (χ4v) is 2.52. The molecule has 0 radical (unpaired) electrons. The second kappa shape index (κ2) is 5.63. The maximum Gasteiger partial charge on any atom is 0.270 e. The molecule has 0 aromatic carbocycles. The monoisotopic (exact) mass is 296 g/mol. The minimum Gasteiger partial charge on any atom is -0.348 e. The van der Waals surface area contributed by atoms with E-state index in [1.807, 2.05) is 6.07 Å². The number of hydrogen-bond donors (Lipinski definition) is 1. The Morgan fingerprint density at radius 1 is 1.41 bits per heavy atom. The SMILES string of the molecule is CC1CCCCC1NC(=O)c1ccc(Br)cn1. The Morgan fingerprint density at radius 3 is 2.82 bits per heavy atom. The second-order valence-corrected chi connectivity index (χ2v) is 5.62. The molecule has 0 aliphatic heterocycles. The van der Waals surface area contributed by atoms with Crippen molar-refractivity contribution in [1.29, 1.82) is 0 Å². The van der Waals surface area contributed by atoms with Crippen LogP contribution in [0.3, 0.4) is 0 Å². The molecule has 1 aliphatic carbocycles. The first-order valence-electron chi connectivity index (χ1n) is 6.09. The van der Waals surface area contributed by atoms with E-state index in [-0.39, 0.29) is 5.91 Å². The van der Waals surface area contributed by atoms with Gasteiger partial charge >= 0.3 is 0 Å². The summed E-state index contributed by atoms with van der Waals surface area (Å²) >= 11 is 3.31. The third-order valence-electron chi connectivity index (χ3n) is 3.39. The molecule has 0 bridgehead atoms. The highest BCUT2D eigenvalue weighted by atomic mass is 79.9. The number of halogens is 1. The van der Waals surface area contributed by atoms with Crippen LogP contribution >= 0.6 is 15.9 Å². The van der Waals surface area contributed by atoms with Crippen molar-refractivity contribution in [3.8, 4) is 0 Å². The summed E-state index contributed by atoms with van der Waals surface area (Å²) in [6, 6.07) is 3.89. The smallest absolute Gasteiger partial charge is 0.270 e. The number of hydrogen-bond acceptors (Lipinski definition) is 2. The van der Waals surface area contributed by atoms with Crippen LogP contribution < -0.4 is 5.32 Å². The second-order valence-electron chi connectivity index (χ2n) is 4.70. The molecule has 1 N–H and O–H groups in total. The van der Waals surface area contributed by atoms with Crippen molar-refractivity contribution < 1.29 is 4.79 Å². The van der Waals surface area contributed by atoms with Crippen LogP contribution in [-0.4, -0.2) is 16.9 Å². The van der Waals surface area contributed by atoms with Crippen molar-refractivity contribution in [2.45, 2.75) is 38.6 Å². The Kier molecular flexibility index (Phi) is 4.15. The quantitative estimate of drug-likeness (QED) is 0.911. The summed E-state index contributed by atoms with van der Waals surface area (Å²) in [5.74, 6) is 0.513. The number of rotatable bonds is 2. The van der Waals surface area contributed by atoms with Gasteiger partial charge < -0.3 is 5.32 Å². The summed E-state index contributed by atoms with van der Waals surface area (Å²) < 4.78 is 0.889. The van der Waals surface area contributed by atoms with E-state index >= 15 is 0 Å². The maximum absolute atomic E-state index is 12.0. The largest absolute Gasteiger partial charge is 0.348 e. The molecule has 3 nitrogen and oxygen atoms in total. The van der Waals surface area contributed by atoms with Gasteiger partial charge in [-0.2, -0.15) is 0 Å². The Morgan fingerprint density at radius 2 is 2.18 bits per heavy atom. The molecule has 92 valence electrons. The fraction of sp³-hybridized carbons (Fsp3) is 0.538. The van der Waals surface area contributed by atoms with Crippen LogP contribution in [0.25, 0.3) is 0 Å². The predicted molar refractivity (Wildman–Crippen MR) is 70.8 cm³/mol. The van der Waals surface area contributed by atoms with E-state index < -0.39 is 0 Å². The number of carbonyl (C=O) groups is 1. The van der Waals surface area contributed by atoms with Gasteiger partial charge in [0.05, 0.1) is 0 Å². The zero-order chi connectivity index (χ0) is 12.3. The number of nitrogens with zero attached hydrogens (tertiary/aromatic N) is 1. The van der Waals surface area contributed by atoms with Gasteiger partial charge in [-0.15, -0.1) is 0 Å². The third kappa shape index (κ3) is 3.28. The van der Waals surface area contributed by atoms with Crippen molar-refractivity contribution in [1.82, 2.24) is 10.3 Å². The Labute approximate surface area is 110 Å². The van der Waals surface area contributed by atoms with Gasteiger partial charge in [0, 0.05) is 16.7 Å². The molecule has 1 amide bonds. The average Bonchev–Trinajstić information content (AvgIpc) is 2.33. The number of nitrogens with one attached hydrogen (secondary N) is 1. The van der Waals surface area contributed by atoms with Gasteiger partial charge in [0.1, 0.15) is 5.69 Å². The Hall–Kier alpha value is -0.900. The van der Waals surface area contributed by atoms with Gasteiger partial charge in [0.2, 0.25) is 0 Å². The lowest BCUT2D eigenvalue weighted by Crippen LogP contribution is -2.41. The lowest BCUT2D eigenvalue weighted by molar-refractivity contribution is 0.0905. The first-order valence-corrected chi connectivity index (χ1v) is 6.88. The topological polar surface area (TPSA) is 42.0 Å². The van der Waals surface area contributed by atoms with E-state index in [4.69, 9.17) is 0 Å². The molecule has 1 fully saturated rings. The van der Waals surface area contributed by atoms with Crippen LogP contribution in [0.1, 0.15) is 43.1 Å². The molecule has 1 aromatic rings. The molecule has 1 heterocycles. The zero-order valence-corrected chi connectivity index (χ0v) is 11.5. The Bertz CT molecular complexity index is 391. The maximum atomic E-state index is 12.0. The summed E-state index contributed by atoms with van der Waals surface area (Å²) in [6.07, 6.45) is 6.44. The van der Waals surface area contributed by atoms with Gasteiger partial charge in [0.25, 0.3) is 5.91 Å². The molecule has 0 spiro atoms. The van der Waals surface area contributed by atoms with Gasteiger partial charge in [-0.05, 0) is 46.8 Å². The van der Waals surface area contributed by atoms with Gasteiger partial charge in [0.15, 0.2) is 0 Å². The fourth-order valence-electron chi connectivity index (χ4n) is 2.28. The minimum atomic E-state index is -0.0590. The van der Waals surface area contributed by atoms with Crippen LogP contribution in [0.15, 0.2) is 22.8 Å². The van der Waals surface area contributed by atoms with E-state index in [1.54, 1.807) is 12.3 Å². The van der Waals surface area contributed by atoms with E-state index in [0.717, 1.165) is 10.9 Å². The average molecular weight is 297 g/mol. The highest BCUT2D eigenvalue weighted by Crippen LogP contribution is 2.23. The van der Waals surface area contributed by atoms with Crippen LogP contribution in [0, 0.1) is 5.92 Å². The third-order valence-corrected chi connectivity index (χ3v) is 3.86. The van der Waals surface area contributed by atoms with Gasteiger partial charge in [-0.25, -0.2) is 4.98 Å². The molecule has 1 saturated carbocycles. The summed E-state index contributed by atoms with van der Waals surface area (Å²) in [7, 11) is 0. The van der Waals surface area contributed by atoms with E-state index in [2.05, 4.69) is 33.2 Å². The lowest BCUT2D eigenvalue weighted by atomic mass is 9.86. The molecule has 2 rings (SSSR count). The lowest BCUT2D eigenvalue weighted by Gasteiger charge is -2.29. The highest BCUT2D eigenvalue weighted by Gasteiger charge is 2.23. The van der Waals surface area contributed by atoms with Crippen LogP contribution in [0.2, 0.25) is 0 Å². The predicted octanol–water partition coefficient (Wildman–Crippen LogP) is 3.15. The number of pyridine rings is 1. The molecular weight excluding hydrogens is 280 g/mol. The molecule has 1 aromatic heterocycles. The highest BCUT2D eigenvalue weighted by molar-refractivity contribution is 9.10. The van der Waals surface area contributed by atoms with E-state index in [9.17, 15) is 4.79 Å². The normalized spacial score (nSPS) is 24.4. The number of carbonyl (C=O) groups excluding carboxylic acids is 1. The summed E-state index contributed by atoms with van der Waals surface area (Å²) in [5.41, 5.74) is 0.492. The van der Waals surface area contributed by atoms with Gasteiger partial charge in [-0.3, -0.25) is 4.79 Å². The van der Waals surface area contributed by atoms with E-state index in [0.29, 0.717) is 17.7 Å². The van der Waals surface area contributed by atoms with Gasteiger partial charge in [-0.1, -0.05) is 19.8 Å². The van der Waals surface area contributed by atoms with Crippen LogP contribution in [0.5, 0.6) is 0 Å². The molecule has 4 heteroatoms.